The third kappa shape index (κ3) is 1.38. The minimum atomic E-state index is -0.263. The summed E-state index contributed by atoms with van der Waals surface area (Å²) < 4.78 is 5.23. The maximum atomic E-state index is 13.2. The first-order valence-corrected chi connectivity index (χ1v) is 8.14. The molecule has 2 saturated heterocycles. The Morgan fingerprint density at radius 2 is 1.65 bits per heavy atom. The second-order valence-corrected chi connectivity index (χ2v) is 7.97. The van der Waals surface area contributed by atoms with Gasteiger partial charge in [-0.3, -0.25) is 4.79 Å². The van der Waals surface area contributed by atoms with E-state index in [-0.39, 0.29) is 23.5 Å². The number of rotatable bonds is 1. The lowest BCUT2D eigenvalue weighted by Gasteiger charge is -2.56. The summed E-state index contributed by atoms with van der Waals surface area (Å²) in [6.45, 7) is 0.650. The predicted octanol–water partition coefficient (Wildman–Crippen LogP) is 1.73. The van der Waals surface area contributed by atoms with Crippen LogP contribution in [0.5, 0.6) is 0 Å². The zero-order chi connectivity index (χ0) is 13.5. The number of carbonyl (C=O) groups is 2. The molecule has 0 aromatic heterocycles. The Morgan fingerprint density at radius 3 is 2.15 bits per heavy atom. The van der Waals surface area contributed by atoms with Gasteiger partial charge in [0.2, 0.25) is 5.91 Å². The maximum absolute atomic E-state index is 13.2. The molecule has 4 saturated carbocycles. The van der Waals surface area contributed by atoms with Crippen molar-refractivity contribution in [2.75, 3.05) is 6.54 Å². The Morgan fingerprint density at radius 1 is 1.05 bits per heavy atom. The summed E-state index contributed by atoms with van der Waals surface area (Å²) in [7, 11) is 0. The fourth-order valence-electron chi connectivity index (χ4n) is 6.25. The third-order valence-corrected chi connectivity index (χ3v) is 6.57. The minimum absolute atomic E-state index is 0.0228. The van der Waals surface area contributed by atoms with Gasteiger partial charge in [0.25, 0.3) is 0 Å². The fourth-order valence-corrected chi connectivity index (χ4v) is 6.25. The van der Waals surface area contributed by atoms with Gasteiger partial charge in [-0.15, -0.1) is 0 Å². The summed E-state index contributed by atoms with van der Waals surface area (Å²) in [5.74, 6) is 2.45. The Balaban J connectivity index is 1.45. The Bertz CT molecular complexity index is 465. The van der Waals surface area contributed by atoms with Crippen LogP contribution >= 0.6 is 0 Å². The molecule has 0 unspecified atom stereocenters. The molecule has 1 amide bonds. The Hall–Kier alpha value is -1.06. The minimum Gasteiger partial charge on any atom is -0.459 e. The SMILES string of the molecule is O=C1O[C@@H]2C[C@H]1N(C(=O)C13CC4CC(CC(C4)C1)C3)C2. The lowest BCUT2D eigenvalue weighted by atomic mass is 9.49. The molecule has 2 atom stereocenters. The van der Waals surface area contributed by atoms with Crippen LogP contribution in [-0.2, 0) is 14.3 Å². The van der Waals surface area contributed by atoms with E-state index in [1.807, 2.05) is 4.90 Å². The van der Waals surface area contributed by atoms with E-state index in [0.717, 1.165) is 43.4 Å². The van der Waals surface area contributed by atoms with Crippen molar-refractivity contribution in [2.45, 2.75) is 57.1 Å². The Kier molecular flexibility index (Phi) is 2.07. The molecule has 6 aliphatic rings. The molecule has 6 bridgehead atoms. The zero-order valence-electron chi connectivity index (χ0n) is 11.7. The van der Waals surface area contributed by atoms with E-state index in [0.29, 0.717) is 12.5 Å². The molecular formula is C16H21NO3. The van der Waals surface area contributed by atoms with Crippen LogP contribution in [0.25, 0.3) is 0 Å². The molecule has 0 aromatic rings. The van der Waals surface area contributed by atoms with Crippen LogP contribution in [0.1, 0.15) is 44.9 Å². The van der Waals surface area contributed by atoms with E-state index in [9.17, 15) is 9.59 Å². The van der Waals surface area contributed by atoms with Crippen LogP contribution in [0.2, 0.25) is 0 Å². The van der Waals surface area contributed by atoms with Crippen molar-refractivity contribution in [3.8, 4) is 0 Å². The standard InChI is InChI=1S/C16H21NO3/c18-14-13-4-12(20-14)8-17(13)15(19)16-5-9-1-10(6-16)3-11(2-9)7-16/h9-13H,1-8H2/t9?,10?,11?,12-,13-,16?/m1/s1. The van der Waals surface area contributed by atoms with E-state index in [4.69, 9.17) is 4.74 Å². The van der Waals surface area contributed by atoms with E-state index in [1.54, 1.807) is 0 Å². The number of fused-ring (bicyclic) bond motifs is 2. The lowest BCUT2D eigenvalue weighted by Crippen LogP contribution is -2.57. The summed E-state index contributed by atoms with van der Waals surface area (Å²) in [4.78, 5) is 26.8. The van der Waals surface area contributed by atoms with Crippen molar-refractivity contribution in [1.29, 1.82) is 0 Å². The second-order valence-electron chi connectivity index (χ2n) is 7.97. The van der Waals surface area contributed by atoms with Gasteiger partial charge in [-0.1, -0.05) is 0 Å². The number of esters is 1. The zero-order valence-corrected chi connectivity index (χ0v) is 11.7. The van der Waals surface area contributed by atoms with E-state index in [1.165, 1.54) is 19.3 Å². The monoisotopic (exact) mass is 275 g/mol. The second kappa shape index (κ2) is 3.58. The molecule has 2 aliphatic heterocycles. The first kappa shape index (κ1) is 11.6. The van der Waals surface area contributed by atoms with Gasteiger partial charge in [0.15, 0.2) is 0 Å². The highest BCUT2D eigenvalue weighted by molar-refractivity contribution is 5.90. The van der Waals surface area contributed by atoms with Crippen molar-refractivity contribution in [3.05, 3.63) is 0 Å². The van der Waals surface area contributed by atoms with Crippen LogP contribution in [0.15, 0.2) is 0 Å². The molecule has 0 N–H and O–H groups in total. The topological polar surface area (TPSA) is 46.6 Å². The van der Waals surface area contributed by atoms with Crippen molar-refractivity contribution in [3.63, 3.8) is 0 Å². The fraction of sp³-hybridized carbons (Fsp3) is 0.875. The van der Waals surface area contributed by atoms with Crippen LogP contribution in [0.3, 0.4) is 0 Å². The number of amides is 1. The van der Waals surface area contributed by atoms with Crippen LogP contribution in [0.4, 0.5) is 0 Å². The average molecular weight is 275 g/mol. The molecule has 4 heteroatoms. The molecule has 0 aromatic carbocycles. The normalized spacial score (nSPS) is 51.7. The van der Waals surface area contributed by atoms with Crippen molar-refractivity contribution in [2.24, 2.45) is 23.2 Å². The molecule has 0 radical (unpaired) electrons. The number of morpholine rings is 1. The number of hydrogen-bond donors (Lipinski definition) is 0. The summed E-state index contributed by atoms with van der Waals surface area (Å²) in [5.41, 5.74) is -0.112. The number of nitrogens with zero attached hydrogens (tertiary/aromatic N) is 1. The molecule has 0 spiro atoms. The van der Waals surface area contributed by atoms with Gasteiger partial charge in [0.1, 0.15) is 12.1 Å². The summed E-state index contributed by atoms with van der Waals surface area (Å²) in [6.07, 6.45) is 8.01. The first-order valence-electron chi connectivity index (χ1n) is 8.14. The molecule has 2 heterocycles. The van der Waals surface area contributed by atoms with E-state index >= 15 is 0 Å². The van der Waals surface area contributed by atoms with Crippen LogP contribution in [-0.4, -0.2) is 35.5 Å². The molecule has 4 aliphatic carbocycles. The molecule has 4 nitrogen and oxygen atoms in total. The number of carbonyl (C=O) groups excluding carboxylic acids is 2. The van der Waals surface area contributed by atoms with Gasteiger partial charge in [-0.25, -0.2) is 4.79 Å². The van der Waals surface area contributed by atoms with Crippen LogP contribution < -0.4 is 0 Å². The molecule has 108 valence electrons. The molecule has 6 fully saturated rings. The lowest BCUT2D eigenvalue weighted by molar-refractivity contribution is -0.169. The quantitative estimate of drug-likeness (QED) is 0.685. The first-order chi connectivity index (χ1) is 9.63. The van der Waals surface area contributed by atoms with Crippen molar-refractivity contribution < 1.29 is 14.3 Å². The molecular weight excluding hydrogens is 254 g/mol. The van der Waals surface area contributed by atoms with Crippen molar-refractivity contribution in [1.82, 2.24) is 4.90 Å². The van der Waals surface area contributed by atoms with Crippen molar-refractivity contribution >= 4 is 11.9 Å². The predicted molar refractivity (Wildman–Crippen MR) is 70.6 cm³/mol. The summed E-state index contributed by atoms with van der Waals surface area (Å²) in [6, 6.07) is -0.263. The van der Waals surface area contributed by atoms with E-state index in [2.05, 4.69) is 0 Å². The van der Waals surface area contributed by atoms with Gasteiger partial charge in [-0.05, 0) is 56.3 Å². The van der Waals surface area contributed by atoms with Gasteiger partial charge in [0.05, 0.1) is 12.0 Å². The average Bonchev–Trinajstić information content (AvgIpc) is 2.95. The van der Waals surface area contributed by atoms with Gasteiger partial charge < -0.3 is 9.64 Å². The largest absolute Gasteiger partial charge is 0.459 e. The highest BCUT2D eigenvalue weighted by Gasteiger charge is 2.59. The summed E-state index contributed by atoms with van der Waals surface area (Å²) >= 11 is 0. The van der Waals surface area contributed by atoms with Gasteiger partial charge in [-0.2, -0.15) is 0 Å². The van der Waals surface area contributed by atoms with Crippen LogP contribution in [0, 0.1) is 23.2 Å². The van der Waals surface area contributed by atoms with Gasteiger partial charge in [0, 0.05) is 6.42 Å². The number of ether oxygens (including phenoxy) is 1. The highest BCUT2D eigenvalue weighted by atomic mass is 16.6. The molecule has 6 rings (SSSR count). The summed E-state index contributed by atoms with van der Waals surface area (Å²) in [5, 5.41) is 0. The molecule has 20 heavy (non-hydrogen) atoms. The Labute approximate surface area is 118 Å². The number of likely N-dealkylation sites (tertiary alicyclic amines) is 1. The number of hydrogen-bond acceptors (Lipinski definition) is 3. The smallest absolute Gasteiger partial charge is 0.329 e. The van der Waals surface area contributed by atoms with E-state index < -0.39 is 0 Å². The highest BCUT2D eigenvalue weighted by Crippen LogP contribution is 2.61. The third-order valence-electron chi connectivity index (χ3n) is 6.57. The van der Waals surface area contributed by atoms with Gasteiger partial charge >= 0.3 is 5.97 Å². The maximum Gasteiger partial charge on any atom is 0.329 e.